The van der Waals surface area contributed by atoms with Crippen molar-refractivity contribution in [3.05, 3.63) is 28.9 Å². The molecule has 0 aliphatic rings. The second kappa shape index (κ2) is 6.41. The molecule has 6 nitrogen and oxygen atoms in total. The first-order valence-electron chi connectivity index (χ1n) is 6.62. The Kier molecular flexibility index (Phi) is 4.60. The van der Waals surface area contributed by atoms with E-state index in [0.717, 1.165) is 0 Å². The van der Waals surface area contributed by atoms with Gasteiger partial charge in [-0.2, -0.15) is 10.4 Å². The van der Waals surface area contributed by atoms with Gasteiger partial charge in [0.05, 0.1) is 17.1 Å². The molecule has 0 aromatic carbocycles. The zero-order chi connectivity index (χ0) is 15.4. The summed E-state index contributed by atoms with van der Waals surface area (Å²) in [4.78, 5) is 12.5. The van der Waals surface area contributed by atoms with Gasteiger partial charge in [0.2, 0.25) is 0 Å². The molecule has 7 heteroatoms. The van der Waals surface area contributed by atoms with E-state index in [0.29, 0.717) is 28.5 Å². The van der Waals surface area contributed by atoms with Gasteiger partial charge < -0.3 is 11.1 Å². The van der Waals surface area contributed by atoms with E-state index in [1.54, 1.807) is 10.9 Å². The first-order valence-corrected chi connectivity index (χ1v) is 7.44. The fourth-order valence-electron chi connectivity index (χ4n) is 1.84. The van der Waals surface area contributed by atoms with Crippen LogP contribution in [0.1, 0.15) is 29.1 Å². The van der Waals surface area contributed by atoms with Crippen LogP contribution in [0.4, 0.5) is 10.7 Å². The second-order valence-electron chi connectivity index (χ2n) is 4.88. The van der Waals surface area contributed by atoms with Crippen molar-refractivity contribution in [3.8, 4) is 6.07 Å². The van der Waals surface area contributed by atoms with Gasteiger partial charge in [0.1, 0.15) is 16.6 Å². The molecule has 2 aromatic rings. The van der Waals surface area contributed by atoms with Gasteiger partial charge >= 0.3 is 0 Å². The Morgan fingerprint density at radius 3 is 2.95 bits per heavy atom. The van der Waals surface area contributed by atoms with Crippen molar-refractivity contribution in [2.24, 2.45) is 5.92 Å². The van der Waals surface area contributed by atoms with Crippen LogP contribution in [0.25, 0.3) is 0 Å². The number of aromatic nitrogens is 2. The highest BCUT2D eigenvalue weighted by Crippen LogP contribution is 2.36. The standard InChI is InChI=1S/C14H17N5OS/c1-9(2)12(20)13-11(16)10(8-15)14(21-13)17-5-7-19-6-3-4-18-19/h3-4,6,9,17H,5,7,16H2,1-2H3. The number of nitrogens with two attached hydrogens (primary N) is 1. The molecule has 2 aromatic heterocycles. The molecule has 21 heavy (non-hydrogen) atoms. The Balaban J connectivity index is 2.14. The molecule has 0 unspecified atom stereocenters. The SMILES string of the molecule is CC(C)C(=O)c1sc(NCCn2cccn2)c(C#N)c1N. The predicted octanol–water partition coefficient (Wildman–Crippen LogP) is 2.35. The number of nitrogens with zero attached hydrogens (tertiary/aromatic N) is 3. The van der Waals surface area contributed by atoms with Crippen LogP contribution in [0, 0.1) is 17.2 Å². The minimum absolute atomic E-state index is 0.0332. The Hall–Kier alpha value is -2.33. The molecule has 110 valence electrons. The fraction of sp³-hybridized carbons (Fsp3) is 0.357. The predicted molar refractivity (Wildman–Crippen MR) is 83.3 cm³/mol. The lowest BCUT2D eigenvalue weighted by Gasteiger charge is -2.04. The lowest BCUT2D eigenvalue weighted by atomic mass is 10.1. The molecule has 0 atom stereocenters. The van der Waals surface area contributed by atoms with Gasteiger partial charge in [-0.05, 0) is 6.07 Å². The lowest BCUT2D eigenvalue weighted by Crippen LogP contribution is -2.10. The molecule has 3 N–H and O–H groups in total. The Bertz CT molecular complexity index is 666. The molecule has 0 aliphatic carbocycles. The third kappa shape index (κ3) is 3.23. The summed E-state index contributed by atoms with van der Waals surface area (Å²) in [6, 6.07) is 3.92. The number of nitrogens with one attached hydrogen (secondary N) is 1. The Morgan fingerprint density at radius 1 is 1.62 bits per heavy atom. The molecule has 0 radical (unpaired) electrons. The number of carbonyl (C=O) groups excluding carboxylic acids is 1. The largest absolute Gasteiger partial charge is 0.396 e. The van der Waals surface area contributed by atoms with E-state index in [-0.39, 0.29) is 17.4 Å². The van der Waals surface area contributed by atoms with Crippen LogP contribution in [0.5, 0.6) is 0 Å². The van der Waals surface area contributed by atoms with E-state index >= 15 is 0 Å². The summed E-state index contributed by atoms with van der Waals surface area (Å²) in [5.41, 5.74) is 6.56. The van der Waals surface area contributed by atoms with Crippen LogP contribution in [0.2, 0.25) is 0 Å². The number of hydrogen-bond acceptors (Lipinski definition) is 6. The number of carbonyl (C=O) groups is 1. The average Bonchev–Trinajstić information content (AvgIpc) is 3.06. The van der Waals surface area contributed by atoms with Gasteiger partial charge in [0.25, 0.3) is 0 Å². The highest BCUT2D eigenvalue weighted by molar-refractivity contribution is 7.19. The number of nitrogen functional groups attached to an aromatic ring is 1. The zero-order valence-corrected chi connectivity index (χ0v) is 12.8. The molecule has 0 aliphatic heterocycles. The first-order chi connectivity index (χ1) is 10.0. The fourth-order valence-corrected chi connectivity index (χ4v) is 3.03. The van der Waals surface area contributed by atoms with Crippen molar-refractivity contribution >= 4 is 27.8 Å². The van der Waals surface area contributed by atoms with Crippen molar-refractivity contribution in [3.63, 3.8) is 0 Å². The van der Waals surface area contributed by atoms with Crippen molar-refractivity contribution < 1.29 is 4.79 Å². The second-order valence-corrected chi connectivity index (χ2v) is 5.90. The van der Waals surface area contributed by atoms with Gasteiger partial charge in [0, 0.05) is 24.9 Å². The quantitative estimate of drug-likeness (QED) is 0.798. The molecular formula is C14H17N5OS. The molecule has 0 spiro atoms. The third-order valence-corrected chi connectivity index (χ3v) is 4.17. The van der Waals surface area contributed by atoms with Crippen molar-refractivity contribution in [2.45, 2.75) is 20.4 Å². The molecule has 0 saturated heterocycles. The number of thiophene rings is 1. The van der Waals surface area contributed by atoms with Gasteiger partial charge in [-0.25, -0.2) is 0 Å². The normalized spacial score (nSPS) is 10.6. The number of hydrogen-bond donors (Lipinski definition) is 2. The van der Waals surface area contributed by atoms with Crippen LogP contribution in [0.15, 0.2) is 18.5 Å². The third-order valence-electron chi connectivity index (χ3n) is 2.99. The maximum Gasteiger partial charge on any atom is 0.177 e. The van der Waals surface area contributed by atoms with Crippen LogP contribution >= 0.6 is 11.3 Å². The van der Waals surface area contributed by atoms with E-state index in [1.165, 1.54) is 11.3 Å². The lowest BCUT2D eigenvalue weighted by molar-refractivity contribution is 0.0944. The smallest absolute Gasteiger partial charge is 0.177 e. The van der Waals surface area contributed by atoms with Gasteiger partial charge in [-0.15, -0.1) is 11.3 Å². The van der Waals surface area contributed by atoms with E-state index in [9.17, 15) is 10.1 Å². The van der Waals surface area contributed by atoms with Crippen LogP contribution < -0.4 is 11.1 Å². The molecule has 0 bridgehead atoms. The molecular weight excluding hydrogens is 286 g/mol. The number of Topliss-reactive ketones (excluding diaryl/α,β-unsaturated/α-hetero) is 1. The Labute approximate surface area is 127 Å². The summed E-state index contributed by atoms with van der Waals surface area (Å²) in [6.45, 7) is 4.91. The van der Waals surface area contributed by atoms with Crippen LogP contribution in [-0.4, -0.2) is 22.1 Å². The highest BCUT2D eigenvalue weighted by Gasteiger charge is 2.22. The molecule has 0 fully saturated rings. The van der Waals surface area contributed by atoms with Crippen molar-refractivity contribution in [1.29, 1.82) is 5.26 Å². The molecule has 0 saturated carbocycles. The summed E-state index contributed by atoms with van der Waals surface area (Å²) in [5, 5.41) is 17.1. The van der Waals surface area contributed by atoms with Crippen molar-refractivity contribution in [1.82, 2.24) is 9.78 Å². The summed E-state index contributed by atoms with van der Waals surface area (Å²) in [7, 11) is 0. The number of rotatable bonds is 6. The summed E-state index contributed by atoms with van der Waals surface area (Å²) in [6.07, 6.45) is 3.58. The molecule has 2 heterocycles. The van der Waals surface area contributed by atoms with Gasteiger partial charge in [-0.1, -0.05) is 13.8 Å². The maximum absolute atomic E-state index is 12.1. The number of nitriles is 1. The highest BCUT2D eigenvalue weighted by atomic mass is 32.1. The van der Waals surface area contributed by atoms with Gasteiger partial charge in [0.15, 0.2) is 5.78 Å². The van der Waals surface area contributed by atoms with Crippen LogP contribution in [-0.2, 0) is 6.54 Å². The minimum atomic E-state index is -0.144. The number of anilines is 2. The van der Waals surface area contributed by atoms with E-state index in [1.807, 2.05) is 26.1 Å². The monoisotopic (exact) mass is 303 g/mol. The van der Waals surface area contributed by atoms with E-state index < -0.39 is 0 Å². The van der Waals surface area contributed by atoms with Gasteiger partial charge in [-0.3, -0.25) is 9.48 Å². The molecule has 0 amide bonds. The first kappa shape index (κ1) is 15.1. The Morgan fingerprint density at radius 2 is 2.38 bits per heavy atom. The average molecular weight is 303 g/mol. The zero-order valence-electron chi connectivity index (χ0n) is 12.0. The minimum Gasteiger partial charge on any atom is -0.396 e. The topological polar surface area (TPSA) is 96.7 Å². The summed E-state index contributed by atoms with van der Waals surface area (Å²) in [5.74, 6) is -0.177. The summed E-state index contributed by atoms with van der Waals surface area (Å²) < 4.78 is 1.79. The summed E-state index contributed by atoms with van der Waals surface area (Å²) >= 11 is 1.25. The molecule has 2 rings (SSSR count). The van der Waals surface area contributed by atoms with Crippen LogP contribution in [0.3, 0.4) is 0 Å². The van der Waals surface area contributed by atoms with Crippen molar-refractivity contribution in [2.75, 3.05) is 17.6 Å². The van der Waals surface area contributed by atoms with E-state index in [2.05, 4.69) is 16.5 Å². The number of ketones is 1. The maximum atomic E-state index is 12.1. The van der Waals surface area contributed by atoms with E-state index in [4.69, 9.17) is 5.73 Å².